The first-order chi connectivity index (χ1) is 11.0. The van der Waals surface area contributed by atoms with Gasteiger partial charge in [0.15, 0.2) is 16.3 Å². The zero-order chi connectivity index (χ0) is 16.4. The van der Waals surface area contributed by atoms with Crippen LogP contribution in [0.15, 0.2) is 40.5 Å². The van der Waals surface area contributed by atoms with Crippen LogP contribution in [0.3, 0.4) is 0 Å². The normalized spacial score (nSPS) is 10.9. The molecule has 1 aromatic carbocycles. The molecule has 7 nitrogen and oxygen atoms in total. The van der Waals surface area contributed by atoms with Gasteiger partial charge < -0.3 is 9.88 Å². The number of halogens is 1. The summed E-state index contributed by atoms with van der Waals surface area (Å²) in [6, 6.07) is 5.62. The van der Waals surface area contributed by atoms with Gasteiger partial charge in [0.05, 0.1) is 12.1 Å². The largest absolute Gasteiger partial charge is 0.339 e. The molecule has 0 spiro atoms. The maximum Gasteiger partial charge on any atom is 0.277 e. The van der Waals surface area contributed by atoms with E-state index in [0.29, 0.717) is 22.0 Å². The fraction of sp³-hybridized carbons (Fsp3) is 0.143. The number of hydrogen-bond donors (Lipinski definition) is 2. The Morgan fingerprint density at radius 2 is 2.09 bits per heavy atom. The molecule has 2 N–H and O–H groups in total. The summed E-state index contributed by atoms with van der Waals surface area (Å²) in [7, 11) is 1.60. The molecule has 0 saturated carbocycles. The van der Waals surface area contributed by atoms with Gasteiger partial charge in [-0.05, 0) is 24.3 Å². The predicted octanol–water partition coefficient (Wildman–Crippen LogP) is 1.54. The molecular formula is C14H12FN5O2S. The number of rotatable bonds is 4. The van der Waals surface area contributed by atoms with E-state index in [9.17, 15) is 14.0 Å². The fourth-order valence-corrected chi connectivity index (χ4v) is 2.70. The zero-order valence-corrected chi connectivity index (χ0v) is 12.9. The molecule has 0 aliphatic heterocycles. The molecule has 2 aromatic heterocycles. The molecule has 0 saturated heterocycles. The van der Waals surface area contributed by atoms with Crippen LogP contribution in [-0.4, -0.2) is 38.6 Å². The average molecular weight is 333 g/mol. The molecule has 0 atom stereocenters. The second kappa shape index (κ2) is 6.21. The number of nitrogens with one attached hydrogen (secondary N) is 2. The monoisotopic (exact) mass is 333 g/mol. The number of aromatic nitrogens is 4. The van der Waals surface area contributed by atoms with Crippen LogP contribution in [0.25, 0.3) is 11.2 Å². The molecule has 0 aliphatic rings. The van der Waals surface area contributed by atoms with Crippen LogP contribution in [0.4, 0.5) is 10.1 Å². The van der Waals surface area contributed by atoms with Crippen LogP contribution in [0.5, 0.6) is 0 Å². The number of benzene rings is 1. The standard InChI is InChI=1S/C14H12FN5O2S/c1-20(9-4-2-8(15)3-5-9)10(21)6-23-14-18-12-11(13(22)19-14)16-7-17-12/h2-5,7H,6H2,1H3,(H2,16,17,18,19,22). The summed E-state index contributed by atoms with van der Waals surface area (Å²) < 4.78 is 12.9. The number of imidazole rings is 1. The molecule has 3 rings (SSSR count). The van der Waals surface area contributed by atoms with Gasteiger partial charge in [-0.15, -0.1) is 0 Å². The number of thioether (sulfide) groups is 1. The second-order valence-electron chi connectivity index (χ2n) is 4.69. The van der Waals surface area contributed by atoms with Crippen LogP contribution < -0.4 is 10.5 Å². The quantitative estimate of drug-likeness (QED) is 0.558. The Morgan fingerprint density at radius 3 is 2.83 bits per heavy atom. The number of aromatic amines is 2. The van der Waals surface area contributed by atoms with Gasteiger partial charge in [-0.25, -0.2) is 14.4 Å². The van der Waals surface area contributed by atoms with Crippen LogP contribution in [0.2, 0.25) is 0 Å². The summed E-state index contributed by atoms with van der Waals surface area (Å²) in [5.41, 5.74) is 0.843. The SMILES string of the molecule is CN(C(=O)CSc1nc2nc[nH]c2c(=O)[nH]1)c1ccc(F)cc1. The minimum Gasteiger partial charge on any atom is -0.339 e. The lowest BCUT2D eigenvalue weighted by Gasteiger charge is -2.16. The third-order valence-electron chi connectivity index (χ3n) is 3.19. The van der Waals surface area contributed by atoms with E-state index >= 15 is 0 Å². The van der Waals surface area contributed by atoms with E-state index in [1.54, 1.807) is 7.05 Å². The van der Waals surface area contributed by atoms with E-state index in [1.807, 2.05) is 0 Å². The van der Waals surface area contributed by atoms with Crippen LogP contribution >= 0.6 is 11.8 Å². The third-order valence-corrected chi connectivity index (χ3v) is 4.05. The summed E-state index contributed by atoms with van der Waals surface area (Å²) in [5, 5.41) is 0.315. The number of carbonyl (C=O) groups is 1. The number of amides is 1. The Hall–Kier alpha value is -2.68. The van der Waals surface area contributed by atoms with Gasteiger partial charge in [0.1, 0.15) is 5.82 Å². The van der Waals surface area contributed by atoms with Gasteiger partial charge in [-0.3, -0.25) is 14.6 Å². The highest BCUT2D eigenvalue weighted by Gasteiger charge is 2.13. The van der Waals surface area contributed by atoms with Crippen molar-refractivity contribution in [2.75, 3.05) is 17.7 Å². The molecule has 9 heteroatoms. The summed E-state index contributed by atoms with van der Waals surface area (Å²) in [6.45, 7) is 0. The number of carbonyl (C=O) groups excluding carboxylic acids is 1. The molecule has 3 aromatic rings. The Labute approximate surface area is 134 Å². The smallest absolute Gasteiger partial charge is 0.277 e. The van der Waals surface area contributed by atoms with Gasteiger partial charge in [0.2, 0.25) is 5.91 Å². The van der Waals surface area contributed by atoms with Crippen LogP contribution in [0.1, 0.15) is 0 Å². The predicted molar refractivity (Wildman–Crippen MR) is 85.0 cm³/mol. The van der Waals surface area contributed by atoms with Crippen molar-refractivity contribution in [1.29, 1.82) is 0 Å². The molecule has 0 aliphatic carbocycles. The summed E-state index contributed by atoms with van der Waals surface area (Å²) in [6.07, 6.45) is 1.38. The second-order valence-corrected chi connectivity index (χ2v) is 5.65. The van der Waals surface area contributed by atoms with Gasteiger partial charge in [-0.2, -0.15) is 0 Å². The Bertz CT molecular complexity index is 905. The van der Waals surface area contributed by atoms with Crippen molar-refractivity contribution in [3.63, 3.8) is 0 Å². The van der Waals surface area contributed by atoms with Crippen molar-refractivity contribution < 1.29 is 9.18 Å². The molecule has 0 bridgehead atoms. The van der Waals surface area contributed by atoms with Crippen molar-refractivity contribution in [1.82, 2.24) is 19.9 Å². The molecule has 0 fully saturated rings. The highest BCUT2D eigenvalue weighted by atomic mass is 32.2. The van der Waals surface area contributed by atoms with E-state index in [-0.39, 0.29) is 23.0 Å². The molecular weight excluding hydrogens is 321 g/mol. The highest BCUT2D eigenvalue weighted by molar-refractivity contribution is 7.99. The third kappa shape index (κ3) is 3.24. The molecule has 118 valence electrons. The summed E-state index contributed by atoms with van der Waals surface area (Å²) >= 11 is 1.10. The van der Waals surface area contributed by atoms with E-state index in [0.717, 1.165) is 11.8 Å². The van der Waals surface area contributed by atoms with Crippen molar-refractivity contribution in [2.45, 2.75) is 5.16 Å². The van der Waals surface area contributed by atoms with Crippen molar-refractivity contribution in [2.24, 2.45) is 0 Å². The highest BCUT2D eigenvalue weighted by Crippen LogP contribution is 2.17. The first kappa shape index (κ1) is 15.2. The fourth-order valence-electron chi connectivity index (χ4n) is 1.93. The van der Waals surface area contributed by atoms with E-state index in [2.05, 4.69) is 19.9 Å². The number of hydrogen-bond acceptors (Lipinski definition) is 5. The maximum atomic E-state index is 12.9. The van der Waals surface area contributed by atoms with Gasteiger partial charge in [-0.1, -0.05) is 11.8 Å². The first-order valence-corrected chi connectivity index (χ1v) is 7.61. The van der Waals surface area contributed by atoms with Crippen molar-refractivity contribution >= 4 is 34.5 Å². The van der Waals surface area contributed by atoms with Crippen LogP contribution in [-0.2, 0) is 4.79 Å². The molecule has 2 heterocycles. The molecule has 1 amide bonds. The molecule has 0 radical (unpaired) electrons. The van der Waals surface area contributed by atoms with E-state index in [4.69, 9.17) is 0 Å². The Kier molecular flexibility index (Phi) is 4.11. The number of H-pyrrole nitrogens is 2. The lowest BCUT2D eigenvalue weighted by Crippen LogP contribution is -2.28. The average Bonchev–Trinajstić information content (AvgIpc) is 3.02. The Morgan fingerprint density at radius 1 is 1.35 bits per heavy atom. The molecule has 23 heavy (non-hydrogen) atoms. The lowest BCUT2D eigenvalue weighted by atomic mass is 10.3. The van der Waals surface area contributed by atoms with Gasteiger partial charge in [0, 0.05) is 12.7 Å². The first-order valence-electron chi connectivity index (χ1n) is 6.63. The molecule has 0 unspecified atom stereocenters. The van der Waals surface area contributed by atoms with E-state index < -0.39 is 0 Å². The minimum atomic E-state index is -0.363. The maximum absolute atomic E-state index is 12.9. The van der Waals surface area contributed by atoms with Crippen molar-refractivity contribution in [3.05, 3.63) is 46.8 Å². The topological polar surface area (TPSA) is 94.7 Å². The summed E-state index contributed by atoms with van der Waals surface area (Å²) in [4.78, 5) is 38.7. The van der Waals surface area contributed by atoms with E-state index in [1.165, 1.54) is 35.5 Å². The summed E-state index contributed by atoms with van der Waals surface area (Å²) in [5.74, 6) is -0.489. The van der Waals surface area contributed by atoms with Gasteiger partial charge >= 0.3 is 0 Å². The van der Waals surface area contributed by atoms with Crippen LogP contribution in [0, 0.1) is 5.82 Å². The van der Waals surface area contributed by atoms with Crippen molar-refractivity contribution in [3.8, 4) is 0 Å². The number of fused-ring (bicyclic) bond motifs is 1. The number of nitrogens with zero attached hydrogens (tertiary/aromatic N) is 3. The minimum absolute atomic E-state index is 0.0761. The zero-order valence-electron chi connectivity index (χ0n) is 12.0. The lowest BCUT2D eigenvalue weighted by molar-refractivity contribution is -0.115. The number of anilines is 1. The van der Waals surface area contributed by atoms with Gasteiger partial charge in [0.25, 0.3) is 5.56 Å². The Balaban J connectivity index is 1.70.